The highest BCUT2D eigenvalue weighted by molar-refractivity contribution is 5.72. The van der Waals surface area contributed by atoms with E-state index in [1.54, 1.807) is 0 Å². The monoisotopic (exact) mass is 410 g/mol. The highest BCUT2D eigenvalue weighted by Crippen LogP contribution is 2.29. The van der Waals surface area contributed by atoms with Crippen molar-refractivity contribution in [1.29, 1.82) is 0 Å². The lowest BCUT2D eigenvalue weighted by atomic mass is 10.1. The maximum Gasteiger partial charge on any atom is 0.416 e. The van der Waals surface area contributed by atoms with E-state index in [0.29, 0.717) is 5.56 Å². The van der Waals surface area contributed by atoms with Gasteiger partial charge in [0.25, 0.3) is 5.69 Å². The van der Waals surface area contributed by atoms with Gasteiger partial charge in [0.1, 0.15) is 12.4 Å². The molecule has 0 saturated carbocycles. The van der Waals surface area contributed by atoms with Crippen LogP contribution in [-0.4, -0.2) is 17.6 Å². The van der Waals surface area contributed by atoms with Gasteiger partial charge in [0.15, 0.2) is 6.73 Å². The van der Waals surface area contributed by atoms with Crippen molar-refractivity contribution in [2.75, 3.05) is 6.73 Å². The molecule has 12 heteroatoms. The molecule has 0 radical (unpaired) electrons. The molecule has 0 saturated heterocycles. The maximum absolute atomic E-state index is 12.5. The molecule has 0 bridgehead atoms. The first-order valence-electron chi connectivity index (χ1n) is 7.93. The van der Waals surface area contributed by atoms with Crippen LogP contribution in [0.2, 0.25) is 0 Å². The van der Waals surface area contributed by atoms with Crippen LogP contribution in [-0.2, 0) is 28.7 Å². The molecule has 0 heterocycles. The number of halogens is 3. The van der Waals surface area contributed by atoms with Crippen molar-refractivity contribution >= 4 is 11.7 Å². The van der Waals surface area contributed by atoms with E-state index in [-0.39, 0.29) is 30.0 Å². The Balaban J connectivity index is 2.03. The summed E-state index contributed by atoms with van der Waals surface area (Å²) in [5.41, 5.74) is 7.77. The van der Waals surface area contributed by atoms with E-state index in [0.717, 1.165) is 18.2 Å². The van der Waals surface area contributed by atoms with E-state index in [2.05, 4.69) is 10.0 Å². The van der Waals surface area contributed by atoms with Crippen LogP contribution in [0.25, 0.3) is 10.4 Å². The zero-order chi connectivity index (χ0) is 21.4. The summed E-state index contributed by atoms with van der Waals surface area (Å²) in [5.74, 6) is -0.724. The summed E-state index contributed by atoms with van der Waals surface area (Å²) in [4.78, 5) is 24.7. The van der Waals surface area contributed by atoms with Crippen LogP contribution in [0, 0.1) is 10.1 Å². The highest BCUT2D eigenvalue weighted by atomic mass is 19.4. The zero-order valence-corrected chi connectivity index (χ0v) is 14.6. The number of alkyl halides is 3. The third-order valence-electron chi connectivity index (χ3n) is 3.62. The first-order chi connectivity index (χ1) is 13.7. The van der Waals surface area contributed by atoms with Crippen LogP contribution in [0.15, 0.2) is 47.6 Å². The minimum atomic E-state index is -4.47. The fourth-order valence-electron chi connectivity index (χ4n) is 2.22. The van der Waals surface area contributed by atoms with Crippen molar-refractivity contribution in [2.45, 2.75) is 19.2 Å². The molecule has 0 unspecified atom stereocenters. The Morgan fingerprint density at radius 3 is 2.48 bits per heavy atom. The van der Waals surface area contributed by atoms with E-state index in [9.17, 15) is 28.1 Å². The molecule has 0 aliphatic carbocycles. The van der Waals surface area contributed by atoms with Gasteiger partial charge in [-0.3, -0.25) is 14.9 Å². The predicted molar refractivity (Wildman–Crippen MR) is 92.7 cm³/mol. The van der Waals surface area contributed by atoms with Gasteiger partial charge in [-0.1, -0.05) is 17.2 Å². The lowest BCUT2D eigenvalue weighted by molar-refractivity contribution is -0.385. The number of nitrogens with zero attached hydrogens (tertiary/aromatic N) is 4. The van der Waals surface area contributed by atoms with E-state index >= 15 is 0 Å². The number of nitro groups is 1. The highest BCUT2D eigenvalue weighted by Gasteiger charge is 2.30. The summed E-state index contributed by atoms with van der Waals surface area (Å²) in [6.07, 6.45) is -4.74. The molecule has 0 N–H and O–H groups in total. The van der Waals surface area contributed by atoms with Crippen LogP contribution < -0.4 is 4.74 Å². The quantitative estimate of drug-likeness (QED) is 0.158. The molecule has 0 spiro atoms. The molecule has 0 aromatic heterocycles. The van der Waals surface area contributed by atoms with E-state index in [4.69, 9.17) is 15.0 Å². The van der Waals surface area contributed by atoms with Gasteiger partial charge in [-0.25, -0.2) is 0 Å². The molecule has 2 rings (SSSR count). The van der Waals surface area contributed by atoms with Gasteiger partial charge in [0, 0.05) is 16.5 Å². The number of rotatable bonds is 8. The fourth-order valence-corrected chi connectivity index (χ4v) is 2.22. The van der Waals surface area contributed by atoms with E-state index in [1.165, 1.54) is 24.3 Å². The number of benzene rings is 2. The summed E-state index contributed by atoms with van der Waals surface area (Å²) in [7, 11) is 0. The average molecular weight is 410 g/mol. The molecule has 0 fully saturated rings. The minimum absolute atomic E-state index is 0.00562. The fraction of sp³-hybridized carbons (Fsp3) is 0.235. The third kappa shape index (κ3) is 6.40. The van der Waals surface area contributed by atoms with Gasteiger partial charge < -0.3 is 9.47 Å². The first-order valence-corrected chi connectivity index (χ1v) is 7.93. The molecule has 0 aliphatic heterocycles. The molecule has 0 atom stereocenters. The predicted octanol–water partition coefficient (Wildman–Crippen LogP) is 4.55. The van der Waals surface area contributed by atoms with Gasteiger partial charge in [-0.15, -0.1) is 0 Å². The number of ether oxygens (including phenoxy) is 2. The summed E-state index contributed by atoms with van der Waals surface area (Å²) < 4.78 is 47.8. The lowest BCUT2D eigenvalue weighted by Gasteiger charge is -2.11. The maximum atomic E-state index is 12.5. The van der Waals surface area contributed by atoms with Crippen LogP contribution in [0.3, 0.4) is 0 Å². The molecular formula is C17H13F3N4O5. The molecule has 0 amide bonds. The van der Waals surface area contributed by atoms with Crippen molar-refractivity contribution in [3.05, 3.63) is 79.7 Å². The Morgan fingerprint density at radius 2 is 1.90 bits per heavy atom. The first kappa shape index (κ1) is 21.5. The Kier molecular flexibility index (Phi) is 6.99. The van der Waals surface area contributed by atoms with E-state index < -0.39 is 29.4 Å². The van der Waals surface area contributed by atoms with Crippen molar-refractivity contribution in [3.63, 3.8) is 0 Å². The topological polar surface area (TPSA) is 127 Å². The smallest absolute Gasteiger partial charge is 0.416 e. The van der Waals surface area contributed by atoms with Gasteiger partial charge in [-0.2, -0.15) is 13.2 Å². The number of esters is 1. The van der Waals surface area contributed by atoms with Crippen LogP contribution >= 0.6 is 0 Å². The number of hydrogen-bond acceptors (Lipinski definition) is 6. The SMILES string of the molecule is [N-]=[N+]=NCOc1cc([N+](=O)[O-])ccc1COC(=O)Cc1ccc(C(F)(F)F)cc1. The molecular weight excluding hydrogens is 397 g/mol. The van der Waals surface area contributed by atoms with Crippen molar-refractivity contribution < 1.29 is 32.4 Å². The molecule has 2 aromatic carbocycles. The number of nitro benzene ring substituents is 1. The van der Waals surface area contributed by atoms with E-state index in [1.807, 2.05) is 0 Å². The summed E-state index contributed by atoms with van der Waals surface area (Å²) in [6, 6.07) is 7.65. The van der Waals surface area contributed by atoms with Crippen LogP contribution in [0.4, 0.5) is 18.9 Å². The van der Waals surface area contributed by atoms with Crippen LogP contribution in [0.1, 0.15) is 16.7 Å². The Morgan fingerprint density at radius 1 is 1.21 bits per heavy atom. The normalized spacial score (nSPS) is 10.7. The lowest BCUT2D eigenvalue weighted by Crippen LogP contribution is -2.10. The summed E-state index contributed by atoms with van der Waals surface area (Å²) in [6.45, 7) is -0.729. The molecule has 9 nitrogen and oxygen atoms in total. The Labute approximate surface area is 161 Å². The Bertz CT molecular complexity index is 941. The molecule has 29 heavy (non-hydrogen) atoms. The number of azide groups is 1. The molecule has 2 aromatic rings. The minimum Gasteiger partial charge on any atom is -0.487 e. The number of hydrogen-bond donors (Lipinski definition) is 0. The number of carbonyl (C=O) groups is 1. The average Bonchev–Trinajstić information content (AvgIpc) is 2.66. The second-order valence-corrected chi connectivity index (χ2v) is 5.59. The molecule has 0 aliphatic rings. The summed E-state index contributed by atoms with van der Waals surface area (Å²) in [5, 5.41) is 14.0. The standard InChI is InChI=1S/C17H13F3N4O5/c18-17(19,20)13-4-1-11(2-5-13)7-16(25)28-9-12-3-6-14(24(26)27)8-15(12)29-10-22-23-21/h1-6,8H,7,9-10H2. The Hall–Kier alpha value is -3.79. The largest absolute Gasteiger partial charge is 0.487 e. The summed E-state index contributed by atoms with van der Waals surface area (Å²) >= 11 is 0. The van der Waals surface area contributed by atoms with Crippen molar-refractivity contribution in [3.8, 4) is 5.75 Å². The van der Waals surface area contributed by atoms with Gasteiger partial charge in [-0.05, 0) is 29.3 Å². The second kappa shape index (κ2) is 9.42. The van der Waals surface area contributed by atoms with Gasteiger partial charge >= 0.3 is 12.1 Å². The van der Waals surface area contributed by atoms with Crippen molar-refractivity contribution in [1.82, 2.24) is 0 Å². The number of non-ortho nitro benzene ring substituents is 1. The van der Waals surface area contributed by atoms with Crippen molar-refractivity contribution in [2.24, 2.45) is 5.11 Å². The second-order valence-electron chi connectivity index (χ2n) is 5.59. The third-order valence-corrected chi connectivity index (χ3v) is 3.62. The van der Waals surface area contributed by atoms with Gasteiger partial charge in [0.2, 0.25) is 0 Å². The molecule has 152 valence electrons. The zero-order valence-electron chi connectivity index (χ0n) is 14.6. The van der Waals surface area contributed by atoms with Crippen LogP contribution in [0.5, 0.6) is 5.75 Å². The number of carbonyl (C=O) groups excluding carboxylic acids is 1. The van der Waals surface area contributed by atoms with Gasteiger partial charge in [0.05, 0.1) is 23.0 Å².